The van der Waals surface area contributed by atoms with E-state index in [2.05, 4.69) is 20.2 Å². The standard InChI is InChI=1S/C12H21N5O/c1-3-14-10-8-11(16-12(13)15-10)17(6-7-18-2)9-4-5-9/h8-9H,3-7H2,1-2H3,(H3,13,14,15,16). The van der Waals surface area contributed by atoms with Crippen molar-refractivity contribution in [2.75, 3.05) is 42.8 Å². The minimum Gasteiger partial charge on any atom is -0.383 e. The average molecular weight is 251 g/mol. The summed E-state index contributed by atoms with van der Waals surface area (Å²) in [5.41, 5.74) is 5.76. The van der Waals surface area contributed by atoms with Crippen molar-refractivity contribution >= 4 is 17.6 Å². The summed E-state index contributed by atoms with van der Waals surface area (Å²) in [6.45, 7) is 4.37. The largest absolute Gasteiger partial charge is 0.383 e. The summed E-state index contributed by atoms with van der Waals surface area (Å²) in [6.07, 6.45) is 2.42. The molecule has 0 aliphatic heterocycles. The smallest absolute Gasteiger partial charge is 0.223 e. The molecule has 3 N–H and O–H groups in total. The van der Waals surface area contributed by atoms with Crippen LogP contribution in [0.2, 0.25) is 0 Å². The Labute approximate surface area is 108 Å². The zero-order valence-corrected chi connectivity index (χ0v) is 11.0. The van der Waals surface area contributed by atoms with Crippen LogP contribution >= 0.6 is 0 Å². The highest BCUT2D eigenvalue weighted by molar-refractivity contribution is 5.53. The maximum atomic E-state index is 5.76. The van der Waals surface area contributed by atoms with E-state index >= 15 is 0 Å². The predicted octanol–water partition coefficient (Wildman–Crippen LogP) is 1.11. The zero-order valence-electron chi connectivity index (χ0n) is 11.0. The van der Waals surface area contributed by atoms with Crippen molar-refractivity contribution in [3.05, 3.63) is 6.07 Å². The summed E-state index contributed by atoms with van der Waals surface area (Å²) < 4.78 is 5.15. The third-order valence-corrected chi connectivity index (χ3v) is 2.91. The number of methoxy groups -OCH3 is 1. The van der Waals surface area contributed by atoms with E-state index in [9.17, 15) is 0 Å². The number of nitrogens with two attached hydrogens (primary N) is 1. The second-order valence-corrected chi connectivity index (χ2v) is 4.42. The molecule has 0 unspecified atom stereocenters. The van der Waals surface area contributed by atoms with Gasteiger partial charge < -0.3 is 20.7 Å². The Bertz CT molecular complexity index is 394. The van der Waals surface area contributed by atoms with Gasteiger partial charge >= 0.3 is 0 Å². The monoisotopic (exact) mass is 251 g/mol. The fourth-order valence-electron chi connectivity index (χ4n) is 1.93. The van der Waals surface area contributed by atoms with E-state index in [0.29, 0.717) is 18.6 Å². The molecular formula is C12H21N5O. The van der Waals surface area contributed by atoms with Crippen molar-refractivity contribution in [3.8, 4) is 0 Å². The summed E-state index contributed by atoms with van der Waals surface area (Å²) in [5.74, 6) is 1.98. The first-order valence-corrected chi connectivity index (χ1v) is 6.38. The maximum Gasteiger partial charge on any atom is 0.223 e. The second-order valence-electron chi connectivity index (χ2n) is 4.42. The minimum atomic E-state index is 0.312. The molecule has 1 fully saturated rings. The van der Waals surface area contributed by atoms with E-state index in [-0.39, 0.29) is 0 Å². The first-order valence-electron chi connectivity index (χ1n) is 6.38. The van der Waals surface area contributed by atoms with Crippen molar-refractivity contribution in [2.24, 2.45) is 0 Å². The Balaban J connectivity index is 2.17. The summed E-state index contributed by atoms with van der Waals surface area (Å²) in [6, 6.07) is 2.53. The quantitative estimate of drug-likeness (QED) is 0.756. The normalized spacial score (nSPS) is 14.6. The molecule has 0 radical (unpaired) electrons. The van der Waals surface area contributed by atoms with Crippen LogP contribution < -0.4 is 16.0 Å². The lowest BCUT2D eigenvalue weighted by atomic mass is 10.4. The van der Waals surface area contributed by atoms with Crippen molar-refractivity contribution in [1.82, 2.24) is 9.97 Å². The average Bonchev–Trinajstić information content (AvgIpc) is 3.14. The lowest BCUT2D eigenvalue weighted by Gasteiger charge is -2.23. The number of rotatable bonds is 7. The van der Waals surface area contributed by atoms with Gasteiger partial charge in [-0.25, -0.2) is 0 Å². The third-order valence-electron chi connectivity index (χ3n) is 2.91. The van der Waals surface area contributed by atoms with Gasteiger partial charge in [0.1, 0.15) is 11.6 Å². The van der Waals surface area contributed by atoms with Gasteiger partial charge in [0, 0.05) is 32.3 Å². The van der Waals surface area contributed by atoms with Crippen LogP contribution in [0.15, 0.2) is 6.07 Å². The molecule has 6 nitrogen and oxygen atoms in total. The molecular weight excluding hydrogens is 230 g/mol. The number of ether oxygens (including phenoxy) is 1. The third kappa shape index (κ3) is 3.22. The molecule has 0 saturated heterocycles. The molecule has 100 valence electrons. The maximum absolute atomic E-state index is 5.76. The van der Waals surface area contributed by atoms with Crippen LogP contribution in [0.25, 0.3) is 0 Å². The van der Waals surface area contributed by atoms with Crippen LogP contribution in [-0.2, 0) is 4.74 Å². The summed E-state index contributed by atoms with van der Waals surface area (Å²) >= 11 is 0. The lowest BCUT2D eigenvalue weighted by Crippen LogP contribution is -2.30. The van der Waals surface area contributed by atoms with Gasteiger partial charge in [0.15, 0.2) is 0 Å². The number of hydrogen-bond donors (Lipinski definition) is 2. The van der Waals surface area contributed by atoms with Crippen LogP contribution in [0, 0.1) is 0 Å². The van der Waals surface area contributed by atoms with Crippen LogP contribution in [0.4, 0.5) is 17.6 Å². The van der Waals surface area contributed by atoms with Crippen LogP contribution in [-0.4, -0.2) is 42.8 Å². The molecule has 0 amide bonds. The fourth-order valence-corrected chi connectivity index (χ4v) is 1.93. The van der Waals surface area contributed by atoms with E-state index < -0.39 is 0 Å². The van der Waals surface area contributed by atoms with Crippen LogP contribution in [0.5, 0.6) is 0 Å². The van der Waals surface area contributed by atoms with Crippen molar-refractivity contribution in [2.45, 2.75) is 25.8 Å². The predicted molar refractivity (Wildman–Crippen MR) is 72.9 cm³/mol. The molecule has 1 aromatic heterocycles. The van der Waals surface area contributed by atoms with E-state index in [1.807, 2.05) is 13.0 Å². The number of aromatic nitrogens is 2. The summed E-state index contributed by atoms with van der Waals surface area (Å²) in [5, 5.41) is 3.17. The van der Waals surface area contributed by atoms with Crippen LogP contribution in [0.3, 0.4) is 0 Å². The Morgan fingerprint density at radius 2 is 2.28 bits per heavy atom. The van der Waals surface area contributed by atoms with Gasteiger partial charge in [-0.1, -0.05) is 0 Å². The van der Waals surface area contributed by atoms with E-state index in [1.165, 1.54) is 12.8 Å². The molecule has 0 bridgehead atoms. The topological polar surface area (TPSA) is 76.3 Å². The SMILES string of the molecule is CCNc1cc(N(CCOC)C2CC2)nc(N)n1. The highest BCUT2D eigenvalue weighted by Gasteiger charge is 2.30. The highest BCUT2D eigenvalue weighted by Crippen LogP contribution is 2.31. The number of nitrogens with zero attached hydrogens (tertiary/aromatic N) is 3. The molecule has 0 spiro atoms. The molecule has 18 heavy (non-hydrogen) atoms. The second kappa shape index (κ2) is 5.86. The Kier molecular flexibility index (Phi) is 4.19. The van der Waals surface area contributed by atoms with Crippen molar-refractivity contribution in [1.29, 1.82) is 0 Å². The molecule has 6 heteroatoms. The Morgan fingerprint density at radius 3 is 2.89 bits per heavy atom. The van der Waals surface area contributed by atoms with Crippen molar-refractivity contribution < 1.29 is 4.74 Å². The zero-order chi connectivity index (χ0) is 13.0. The molecule has 1 aliphatic carbocycles. The van der Waals surface area contributed by atoms with Gasteiger partial charge in [-0.05, 0) is 19.8 Å². The first kappa shape index (κ1) is 12.9. The van der Waals surface area contributed by atoms with Gasteiger partial charge in [-0.2, -0.15) is 9.97 Å². The number of nitrogens with one attached hydrogen (secondary N) is 1. The van der Waals surface area contributed by atoms with Gasteiger partial charge in [0.25, 0.3) is 0 Å². The Morgan fingerprint density at radius 1 is 1.50 bits per heavy atom. The van der Waals surface area contributed by atoms with Crippen molar-refractivity contribution in [3.63, 3.8) is 0 Å². The minimum absolute atomic E-state index is 0.312. The highest BCUT2D eigenvalue weighted by atomic mass is 16.5. The van der Waals surface area contributed by atoms with Gasteiger partial charge in [0.2, 0.25) is 5.95 Å². The van der Waals surface area contributed by atoms with Gasteiger partial charge in [-0.15, -0.1) is 0 Å². The molecule has 0 aromatic carbocycles. The van der Waals surface area contributed by atoms with Gasteiger partial charge in [-0.3, -0.25) is 0 Å². The number of nitrogen functional groups attached to an aromatic ring is 1. The number of anilines is 3. The first-order chi connectivity index (χ1) is 8.74. The number of hydrogen-bond acceptors (Lipinski definition) is 6. The molecule has 1 heterocycles. The molecule has 1 aromatic rings. The van der Waals surface area contributed by atoms with E-state index in [0.717, 1.165) is 24.7 Å². The lowest BCUT2D eigenvalue weighted by molar-refractivity contribution is 0.204. The van der Waals surface area contributed by atoms with Crippen LogP contribution in [0.1, 0.15) is 19.8 Å². The molecule has 2 rings (SSSR count). The fraction of sp³-hybridized carbons (Fsp3) is 0.667. The van der Waals surface area contributed by atoms with Gasteiger partial charge in [0.05, 0.1) is 6.61 Å². The molecule has 1 saturated carbocycles. The Hall–Kier alpha value is -1.56. The summed E-state index contributed by atoms with van der Waals surface area (Å²) in [7, 11) is 1.71. The molecule has 0 atom stereocenters. The van der Waals surface area contributed by atoms with E-state index in [4.69, 9.17) is 10.5 Å². The van der Waals surface area contributed by atoms with E-state index in [1.54, 1.807) is 7.11 Å². The molecule has 1 aliphatic rings. The summed E-state index contributed by atoms with van der Waals surface area (Å²) in [4.78, 5) is 10.7.